The number of ether oxygens (including phenoxy) is 1. The summed E-state index contributed by atoms with van der Waals surface area (Å²) in [5.74, 6) is 0.570. The molecule has 3 N–H and O–H groups in total. The predicted molar refractivity (Wildman–Crippen MR) is 72.4 cm³/mol. The summed E-state index contributed by atoms with van der Waals surface area (Å²) < 4.78 is 5.38. The largest absolute Gasteiger partial charge is 0.484 e. The Bertz CT molecular complexity index is 374. The normalized spacial score (nSPS) is 12.3. The molecule has 0 aliphatic heterocycles. The molecule has 0 fully saturated rings. The third-order valence-corrected chi connectivity index (χ3v) is 2.57. The molecule has 0 bridgehead atoms. The van der Waals surface area contributed by atoms with E-state index in [-0.39, 0.29) is 24.6 Å². The molecule has 0 spiro atoms. The molecule has 0 saturated heterocycles. The average molecular weight is 250 g/mol. The summed E-state index contributed by atoms with van der Waals surface area (Å²) in [6, 6.07) is 7.74. The Labute approximate surface area is 109 Å². The van der Waals surface area contributed by atoms with Crippen LogP contribution < -0.4 is 15.8 Å². The minimum absolute atomic E-state index is 0.0390. The van der Waals surface area contributed by atoms with Gasteiger partial charge in [0, 0.05) is 12.1 Å². The zero-order valence-electron chi connectivity index (χ0n) is 11.3. The summed E-state index contributed by atoms with van der Waals surface area (Å²) >= 11 is 0. The Morgan fingerprint density at radius 2 is 1.94 bits per heavy atom. The van der Waals surface area contributed by atoms with Gasteiger partial charge in [0.25, 0.3) is 5.91 Å². The second kappa shape index (κ2) is 7.01. The van der Waals surface area contributed by atoms with E-state index in [1.54, 1.807) is 0 Å². The van der Waals surface area contributed by atoms with Gasteiger partial charge < -0.3 is 15.8 Å². The van der Waals surface area contributed by atoms with Gasteiger partial charge in [0.2, 0.25) is 0 Å². The highest BCUT2D eigenvalue weighted by molar-refractivity contribution is 5.77. The number of nitrogens with one attached hydrogen (secondary N) is 1. The van der Waals surface area contributed by atoms with Crippen LogP contribution in [0.15, 0.2) is 24.3 Å². The molecule has 1 atom stereocenters. The lowest BCUT2D eigenvalue weighted by molar-refractivity contribution is -0.123. The van der Waals surface area contributed by atoms with Crippen molar-refractivity contribution in [3.05, 3.63) is 29.8 Å². The SMILES string of the molecule is CC[C@H](N)c1ccc(OCC(=O)NC(C)C)cc1. The van der Waals surface area contributed by atoms with E-state index in [1.807, 2.05) is 45.0 Å². The van der Waals surface area contributed by atoms with Crippen LogP contribution in [0.5, 0.6) is 5.75 Å². The summed E-state index contributed by atoms with van der Waals surface area (Å²) in [5.41, 5.74) is 7.00. The number of hydrogen-bond donors (Lipinski definition) is 2. The maximum absolute atomic E-state index is 11.4. The lowest BCUT2D eigenvalue weighted by atomic mass is 10.1. The molecule has 0 heterocycles. The molecule has 0 saturated carbocycles. The van der Waals surface area contributed by atoms with Crippen LogP contribution in [0.2, 0.25) is 0 Å². The lowest BCUT2D eigenvalue weighted by Gasteiger charge is -2.12. The van der Waals surface area contributed by atoms with Crippen molar-refractivity contribution in [1.82, 2.24) is 5.32 Å². The van der Waals surface area contributed by atoms with Crippen LogP contribution in [0, 0.1) is 0 Å². The molecule has 1 rings (SSSR count). The number of hydrogen-bond acceptors (Lipinski definition) is 3. The van der Waals surface area contributed by atoms with Crippen molar-refractivity contribution in [2.24, 2.45) is 5.73 Å². The Morgan fingerprint density at radius 3 is 2.44 bits per heavy atom. The smallest absolute Gasteiger partial charge is 0.258 e. The van der Waals surface area contributed by atoms with Crippen LogP contribution in [0.25, 0.3) is 0 Å². The van der Waals surface area contributed by atoms with Gasteiger partial charge in [-0.3, -0.25) is 4.79 Å². The molecular weight excluding hydrogens is 228 g/mol. The van der Waals surface area contributed by atoms with E-state index >= 15 is 0 Å². The lowest BCUT2D eigenvalue weighted by Crippen LogP contribution is -2.34. The molecule has 18 heavy (non-hydrogen) atoms. The van der Waals surface area contributed by atoms with Crippen LogP contribution in [0.4, 0.5) is 0 Å². The number of rotatable bonds is 6. The second-order valence-corrected chi connectivity index (χ2v) is 4.59. The number of carbonyl (C=O) groups excluding carboxylic acids is 1. The number of benzene rings is 1. The van der Waals surface area contributed by atoms with E-state index in [1.165, 1.54) is 0 Å². The summed E-state index contributed by atoms with van der Waals surface area (Å²) in [7, 11) is 0. The van der Waals surface area contributed by atoms with Crippen molar-refractivity contribution in [2.45, 2.75) is 39.3 Å². The van der Waals surface area contributed by atoms with Crippen molar-refractivity contribution in [3.8, 4) is 5.75 Å². The van der Waals surface area contributed by atoms with E-state index in [0.29, 0.717) is 5.75 Å². The molecule has 100 valence electrons. The molecular formula is C14H22N2O2. The van der Waals surface area contributed by atoms with E-state index in [2.05, 4.69) is 5.32 Å². The van der Waals surface area contributed by atoms with E-state index < -0.39 is 0 Å². The summed E-state index contributed by atoms with van der Waals surface area (Å²) in [6.45, 7) is 5.92. The van der Waals surface area contributed by atoms with Gasteiger partial charge in [-0.25, -0.2) is 0 Å². The molecule has 1 aromatic rings. The monoisotopic (exact) mass is 250 g/mol. The van der Waals surface area contributed by atoms with Gasteiger partial charge in [-0.15, -0.1) is 0 Å². The molecule has 1 amide bonds. The first-order chi connectivity index (χ1) is 8.52. The number of nitrogens with two attached hydrogens (primary N) is 1. The minimum atomic E-state index is -0.112. The van der Waals surface area contributed by atoms with Gasteiger partial charge in [0.15, 0.2) is 6.61 Å². The molecule has 0 aliphatic rings. The Balaban J connectivity index is 2.46. The summed E-state index contributed by atoms with van der Waals surface area (Å²) in [5, 5.41) is 2.77. The first kappa shape index (κ1) is 14.5. The van der Waals surface area contributed by atoms with E-state index in [4.69, 9.17) is 10.5 Å². The van der Waals surface area contributed by atoms with E-state index in [9.17, 15) is 4.79 Å². The Hall–Kier alpha value is -1.55. The highest BCUT2D eigenvalue weighted by Gasteiger charge is 2.06. The number of amides is 1. The van der Waals surface area contributed by atoms with Crippen molar-refractivity contribution >= 4 is 5.91 Å². The van der Waals surface area contributed by atoms with Gasteiger partial charge in [-0.05, 0) is 38.0 Å². The van der Waals surface area contributed by atoms with Gasteiger partial charge in [0.05, 0.1) is 0 Å². The van der Waals surface area contributed by atoms with Crippen LogP contribution >= 0.6 is 0 Å². The van der Waals surface area contributed by atoms with Crippen LogP contribution in [-0.4, -0.2) is 18.6 Å². The third kappa shape index (κ3) is 4.75. The zero-order valence-corrected chi connectivity index (χ0v) is 11.3. The van der Waals surface area contributed by atoms with Gasteiger partial charge in [-0.1, -0.05) is 19.1 Å². The zero-order chi connectivity index (χ0) is 13.5. The van der Waals surface area contributed by atoms with Crippen LogP contribution in [0.1, 0.15) is 38.8 Å². The van der Waals surface area contributed by atoms with Gasteiger partial charge in [0.1, 0.15) is 5.75 Å². The fourth-order valence-corrected chi connectivity index (χ4v) is 1.56. The quantitative estimate of drug-likeness (QED) is 0.811. The highest BCUT2D eigenvalue weighted by atomic mass is 16.5. The van der Waals surface area contributed by atoms with Crippen molar-refractivity contribution in [1.29, 1.82) is 0 Å². The fraction of sp³-hybridized carbons (Fsp3) is 0.500. The van der Waals surface area contributed by atoms with Crippen LogP contribution in [0.3, 0.4) is 0 Å². The standard InChI is InChI=1S/C14H22N2O2/c1-4-13(15)11-5-7-12(8-6-11)18-9-14(17)16-10(2)3/h5-8,10,13H,4,9,15H2,1-3H3,(H,16,17)/t13-/m0/s1. The molecule has 0 aromatic heterocycles. The molecule has 4 nitrogen and oxygen atoms in total. The first-order valence-electron chi connectivity index (χ1n) is 6.30. The maximum atomic E-state index is 11.4. The topological polar surface area (TPSA) is 64.3 Å². The van der Waals surface area contributed by atoms with Gasteiger partial charge in [-0.2, -0.15) is 0 Å². The van der Waals surface area contributed by atoms with Crippen molar-refractivity contribution in [2.75, 3.05) is 6.61 Å². The average Bonchev–Trinajstić information content (AvgIpc) is 2.35. The van der Waals surface area contributed by atoms with Crippen molar-refractivity contribution in [3.63, 3.8) is 0 Å². The molecule has 4 heteroatoms. The van der Waals surface area contributed by atoms with Gasteiger partial charge >= 0.3 is 0 Å². The second-order valence-electron chi connectivity index (χ2n) is 4.59. The van der Waals surface area contributed by atoms with Crippen molar-refractivity contribution < 1.29 is 9.53 Å². The minimum Gasteiger partial charge on any atom is -0.484 e. The summed E-state index contributed by atoms with van der Waals surface area (Å²) in [6.07, 6.45) is 0.900. The molecule has 1 aromatic carbocycles. The third-order valence-electron chi connectivity index (χ3n) is 2.57. The van der Waals surface area contributed by atoms with E-state index in [0.717, 1.165) is 12.0 Å². The molecule has 0 aliphatic carbocycles. The Morgan fingerprint density at radius 1 is 1.33 bits per heavy atom. The highest BCUT2D eigenvalue weighted by Crippen LogP contribution is 2.18. The molecule has 0 unspecified atom stereocenters. The van der Waals surface area contributed by atoms with Crippen LogP contribution in [-0.2, 0) is 4.79 Å². The number of carbonyl (C=O) groups is 1. The maximum Gasteiger partial charge on any atom is 0.258 e. The fourth-order valence-electron chi connectivity index (χ4n) is 1.56. The Kier molecular flexibility index (Phi) is 5.65. The summed E-state index contributed by atoms with van der Waals surface area (Å²) in [4.78, 5) is 11.4. The predicted octanol–water partition coefficient (Wildman–Crippen LogP) is 2.00. The molecule has 0 radical (unpaired) electrons. The first-order valence-corrected chi connectivity index (χ1v) is 6.30.